The van der Waals surface area contributed by atoms with E-state index in [0.717, 1.165) is 52.2 Å². The molecule has 7 nitrogen and oxygen atoms in total. The van der Waals surface area contributed by atoms with Crippen LogP contribution in [-0.4, -0.2) is 73.2 Å². The van der Waals surface area contributed by atoms with Gasteiger partial charge in [-0.3, -0.25) is 9.69 Å². The number of ether oxygens (including phenoxy) is 1. The summed E-state index contributed by atoms with van der Waals surface area (Å²) in [6, 6.07) is -0.747. The lowest BCUT2D eigenvalue weighted by atomic mass is 10.0. The van der Waals surface area contributed by atoms with Crippen molar-refractivity contribution in [2.24, 2.45) is 11.7 Å². The molecule has 2 fully saturated rings. The van der Waals surface area contributed by atoms with Crippen LogP contribution in [0.15, 0.2) is 0 Å². The average molecular weight is 326 g/mol. The number of hydrogen-bond acceptors (Lipinski definition) is 4. The van der Waals surface area contributed by atoms with Crippen molar-refractivity contribution in [3.63, 3.8) is 0 Å². The van der Waals surface area contributed by atoms with Gasteiger partial charge in [-0.1, -0.05) is 26.7 Å². The van der Waals surface area contributed by atoms with E-state index in [0.29, 0.717) is 18.4 Å². The summed E-state index contributed by atoms with van der Waals surface area (Å²) in [5.41, 5.74) is 5.23. The number of hydrogen-bond donors (Lipinski definition) is 2. The minimum absolute atomic E-state index is 0.000130. The van der Waals surface area contributed by atoms with Crippen LogP contribution in [0.5, 0.6) is 0 Å². The van der Waals surface area contributed by atoms with Gasteiger partial charge in [-0.25, -0.2) is 4.79 Å². The molecular formula is C16H30N4O3. The molecule has 2 aliphatic heterocycles. The van der Waals surface area contributed by atoms with Gasteiger partial charge >= 0.3 is 6.03 Å². The molecule has 2 heterocycles. The fourth-order valence-corrected chi connectivity index (χ4v) is 3.57. The first-order valence-electron chi connectivity index (χ1n) is 8.69. The van der Waals surface area contributed by atoms with Crippen LogP contribution >= 0.6 is 0 Å². The van der Waals surface area contributed by atoms with Crippen molar-refractivity contribution in [1.29, 1.82) is 0 Å². The number of nitrogens with two attached hydrogens (primary N) is 1. The first kappa shape index (κ1) is 18.0. The van der Waals surface area contributed by atoms with Crippen molar-refractivity contribution in [2.45, 2.75) is 45.2 Å². The molecule has 0 aromatic heterocycles. The van der Waals surface area contributed by atoms with Gasteiger partial charge in [0.25, 0.3) is 0 Å². The monoisotopic (exact) mass is 326 g/mol. The lowest BCUT2D eigenvalue weighted by Gasteiger charge is -2.34. The summed E-state index contributed by atoms with van der Waals surface area (Å²) < 4.78 is 5.41. The number of primary amides is 1. The first-order valence-corrected chi connectivity index (χ1v) is 8.69. The van der Waals surface area contributed by atoms with Gasteiger partial charge in [-0.15, -0.1) is 0 Å². The number of nitrogens with zero attached hydrogens (tertiary/aromatic N) is 2. The smallest absolute Gasteiger partial charge is 0.312 e. The second-order valence-electron chi connectivity index (χ2n) is 6.64. The van der Waals surface area contributed by atoms with Gasteiger partial charge in [-0.2, -0.15) is 0 Å². The molecule has 3 amide bonds. The van der Waals surface area contributed by atoms with E-state index in [1.807, 2.05) is 4.90 Å². The SMILES string of the molecule is CCCCC(NC(N)=O)C(=O)N1CC(C)C(N2CCOCC2)C1. The van der Waals surface area contributed by atoms with Crippen LogP contribution < -0.4 is 11.1 Å². The van der Waals surface area contributed by atoms with E-state index in [2.05, 4.69) is 24.1 Å². The molecule has 0 saturated carbocycles. The Morgan fingerprint density at radius 2 is 2.00 bits per heavy atom. The standard InChI is InChI=1S/C16H30N4O3/c1-3-4-5-13(18-16(17)22)15(21)20-10-12(2)14(11-20)19-6-8-23-9-7-19/h12-14H,3-11H2,1-2H3,(H3,17,18,22). The zero-order valence-corrected chi connectivity index (χ0v) is 14.3. The number of unbranched alkanes of at least 4 members (excludes halogenated alkanes) is 1. The minimum atomic E-state index is -0.628. The highest BCUT2D eigenvalue weighted by Crippen LogP contribution is 2.23. The maximum Gasteiger partial charge on any atom is 0.312 e. The maximum atomic E-state index is 12.8. The van der Waals surface area contributed by atoms with Crippen LogP contribution in [-0.2, 0) is 9.53 Å². The molecule has 3 unspecified atom stereocenters. The highest BCUT2D eigenvalue weighted by atomic mass is 16.5. The topological polar surface area (TPSA) is 87.9 Å². The number of urea groups is 1. The summed E-state index contributed by atoms with van der Waals surface area (Å²) in [6.45, 7) is 9.10. The average Bonchev–Trinajstić information content (AvgIpc) is 2.93. The molecule has 23 heavy (non-hydrogen) atoms. The summed E-state index contributed by atoms with van der Waals surface area (Å²) in [5, 5.41) is 2.61. The number of rotatable bonds is 6. The third-order valence-electron chi connectivity index (χ3n) is 4.86. The Morgan fingerprint density at radius 3 is 2.61 bits per heavy atom. The summed E-state index contributed by atoms with van der Waals surface area (Å²) in [7, 11) is 0. The van der Waals surface area contributed by atoms with Gasteiger partial charge in [-0.05, 0) is 12.3 Å². The van der Waals surface area contributed by atoms with E-state index in [4.69, 9.17) is 10.5 Å². The zero-order valence-electron chi connectivity index (χ0n) is 14.3. The maximum absolute atomic E-state index is 12.8. The van der Waals surface area contributed by atoms with Crippen LogP contribution in [0, 0.1) is 5.92 Å². The van der Waals surface area contributed by atoms with Crippen LogP contribution in [0.2, 0.25) is 0 Å². The van der Waals surface area contributed by atoms with Gasteiger partial charge in [0.15, 0.2) is 0 Å². The Balaban J connectivity index is 1.96. The molecule has 3 N–H and O–H groups in total. The second kappa shape index (κ2) is 8.49. The van der Waals surface area contributed by atoms with Crippen molar-refractivity contribution in [3.8, 4) is 0 Å². The van der Waals surface area contributed by atoms with Gasteiger partial charge in [0.05, 0.1) is 13.2 Å². The third kappa shape index (κ3) is 4.81. The lowest BCUT2D eigenvalue weighted by Crippen LogP contribution is -2.51. The van der Waals surface area contributed by atoms with E-state index in [9.17, 15) is 9.59 Å². The zero-order chi connectivity index (χ0) is 16.8. The molecular weight excluding hydrogens is 296 g/mol. The van der Waals surface area contributed by atoms with Gasteiger partial charge in [0.2, 0.25) is 5.91 Å². The van der Waals surface area contributed by atoms with Crippen molar-refractivity contribution in [3.05, 3.63) is 0 Å². The van der Waals surface area contributed by atoms with Crippen molar-refractivity contribution >= 4 is 11.9 Å². The van der Waals surface area contributed by atoms with Crippen LogP contribution in [0.25, 0.3) is 0 Å². The molecule has 3 atom stereocenters. The molecule has 132 valence electrons. The van der Waals surface area contributed by atoms with E-state index in [1.54, 1.807) is 0 Å². The second-order valence-corrected chi connectivity index (χ2v) is 6.64. The molecule has 0 radical (unpaired) electrons. The molecule has 0 aromatic carbocycles. The number of carbonyl (C=O) groups excluding carboxylic acids is 2. The number of morpholine rings is 1. The molecule has 7 heteroatoms. The normalized spacial score (nSPS) is 27.0. The minimum Gasteiger partial charge on any atom is -0.379 e. The molecule has 0 aromatic rings. The predicted molar refractivity (Wildman–Crippen MR) is 88.0 cm³/mol. The van der Waals surface area contributed by atoms with Gasteiger partial charge in [0.1, 0.15) is 6.04 Å². The Hall–Kier alpha value is -1.34. The Kier molecular flexibility index (Phi) is 6.65. The molecule has 0 spiro atoms. The molecule has 2 saturated heterocycles. The van der Waals surface area contributed by atoms with Crippen molar-refractivity contribution < 1.29 is 14.3 Å². The fraction of sp³-hybridized carbons (Fsp3) is 0.875. The number of carbonyl (C=O) groups is 2. The van der Waals surface area contributed by atoms with Gasteiger partial charge in [0, 0.05) is 32.2 Å². The molecule has 0 bridgehead atoms. The molecule has 0 aliphatic carbocycles. The lowest BCUT2D eigenvalue weighted by molar-refractivity contribution is -0.132. The summed E-state index contributed by atoms with van der Waals surface area (Å²) in [4.78, 5) is 28.3. The fourth-order valence-electron chi connectivity index (χ4n) is 3.57. The summed E-state index contributed by atoms with van der Waals surface area (Å²) >= 11 is 0. The van der Waals surface area contributed by atoms with E-state index < -0.39 is 12.1 Å². The Bertz CT molecular complexity index is 412. The highest BCUT2D eigenvalue weighted by Gasteiger charge is 2.38. The summed E-state index contributed by atoms with van der Waals surface area (Å²) in [6.07, 6.45) is 2.52. The number of likely N-dealkylation sites (tertiary alicyclic amines) is 1. The predicted octanol–water partition coefficient (Wildman–Crippen LogP) is 0.393. The largest absolute Gasteiger partial charge is 0.379 e. The van der Waals surface area contributed by atoms with Crippen LogP contribution in [0.3, 0.4) is 0 Å². The van der Waals surface area contributed by atoms with Crippen molar-refractivity contribution in [1.82, 2.24) is 15.1 Å². The number of amides is 3. The first-order chi connectivity index (χ1) is 11.0. The Morgan fingerprint density at radius 1 is 1.30 bits per heavy atom. The third-order valence-corrected chi connectivity index (χ3v) is 4.86. The summed E-state index contributed by atoms with van der Waals surface area (Å²) in [5.74, 6) is 0.428. The van der Waals surface area contributed by atoms with Crippen molar-refractivity contribution in [2.75, 3.05) is 39.4 Å². The van der Waals surface area contributed by atoms with E-state index >= 15 is 0 Å². The van der Waals surface area contributed by atoms with E-state index in [-0.39, 0.29) is 5.91 Å². The molecule has 2 aliphatic rings. The molecule has 2 rings (SSSR count). The van der Waals surface area contributed by atoms with E-state index in [1.165, 1.54) is 0 Å². The van der Waals surface area contributed by atoms with Crippen LogP contribution in [0.4, 0.5) is 4.79 Å². The van der Waals surface area contributed by atoms with Gasteiger partial charge < -0.3 is 20.7 Å². The number of nitrogens with one attached hydrogen (secondary N) is 1. The highest BCUT2D eigenvalue weighted by molar-refractivity contribution is 5.86. The Labute approximate surface area is 138 Å². The van der Waals surface area contributed by atoms with Crippen LogP contribution in [0.1, 0.15) is 33.1 Å². The quantitative estimate of drug-likeness (QED) is 0.739.